The molecule has 1 fully saturated rings. The fraction of sp³-hybridized carbons (Fsp3) is 0.350. The Balaban J connectivity index is 1.35. The van der Waals surface area contributed by atoms with E-state index in [1.165, 1.54) is 0 Å². The molecule has 0 unspecified atom stereocenters. The number of amides is 3. The maximum absolute atomic E-state index is 12.3. The van der Waals surface area contributed by atoms with Gasteiger partial charge in [0.05, 0.1) is 29.9 Å². The quantitative estimate of drug-likeness (QED) is 0.620. The number of rotatable bonds is 6. The molecule has 154 valence electrons. The second-order valence-electron chi connectivity index (χ2n) is 6.83. The van der Waals surface area contributed by atoms with Crippen molar-refractivity contribution in [1.29, 1.82) is 0 Å². The second kappa shape index (κ2) is 10.1. The number of nitrogens with one attached hydrogen (secondary N) is 3. The zero-order chi connectivity index (χ0) is 20.6. The lowest BCUT2D eigenvalue weighted by atomic mass is 9.96. The molecule has 0 saturated carbocycles. The number of likely N-dealkylation sites (tertiary alicyclic amines) is 1. The van der Waals surface area contributed by atoms with Crippen LogP contribution in [-0.4, -0.2) is 42.3 Å². The van der Waals surface area contributed by atoms with E-state index in [4.69, 9.17) is 16.0 Å². The molecule has 1 aliphatic heterocycles. The average molecular weight is 419 g/mol. The number of halogens is 1. The minimum atomic E-state index is -0.476. The van der Waals surface area contributed by atoms with Crippen molar-refractivity contribution in [3.63, 3.8) is 0 Å². The molecule has 2 aromatic rings. The molecular formula is C20H23ClN4O4. The number of furan rings is 1. The minimum absolute atomic E-state index is 0.00231. The van der Waals surface area contributed by atoms with Gasteiger partial charge in [0, 0.05) is 5.92 Å². The number of hydrazine groups is 1. The van der Waals surface area contributed by atoms with Crippen LogP contribution in [0.25, 0.3) is 0 Å². The third kappa shape index (κ3) is 6.07. The number of benzene rings is 1. The highest BCUT2D eigenvalue weighted by Gasteiger charge is 2.26. The van der Waals surface area contributed by atoms with Crippen molar-refractivity contribution in [3.05, 3.63) is 59.0 Å². The second-order valence-corrected chi connectivity index (χ2v) is 7.24. The predicted molar refractivity (Wildman–Crippen MR) is 107 cm³/mol. The highest BCUT2D eigenvalue weighted by atomic mass is 35.5. The summed E-state index contributed by atoms with van der Waals surface area (Å²) in [6, 6.07) is 10.2. The Hall–Kier alpha value is -2.84. The summed E-state index contributed by atoms with van der Waals surface area (Å²) >= 11 is 5.96. The van der Waals surface area contributed by atoms with Crippen molar-refractivity contribution in [3.8, 4) is 0 Å². The van der Waals surface area contributed by atoms with Crippen LogP contribution in [-0.2, 0) is 16.1 Å². The lowest BCUT2D eigenvalue weighted by Gasteiger charge is -2.30. The third-order valence-electron chi connectivity index (χ3n) is 4.78. The number of piperidine rings is 1. The Labute approximate surface area is 173 Å². The van der Waals surface area contributed by atoms with Gasteiger partial charge in [0.15, 0.2) is 0 Å². The zero-order valence-electron chi connectivity index (χ0n) is 15.8. The van der Waals surface area contributed by atoms with Gasteiger partial charge < -0.3 is 9.73 Å². The van der Waals surface area contributed by atoms with E-state index >= 15 is 0 Å². The number of carbonyl (C=O) groups is 3. The molecule has 1 aliphatic rings. The summed E-state index contributed by atoms with van der Waals surface area (Å²) in [4.78, 5) is 38.3. The Morgan fingerprint density at radius 1 is 1.07 bits per heavy atom. The van der Waals surface area contributed by atoms with Gasteiger partial charge in [-0.05, 0) is 50.2 Å². The van der Waals surface area contributed by atoms with Gasteiger partial charge in [-0.15, -0.1) is 0 Å². The number of carbonyl (C=O) groups excluding carboxylic acids is 3. The lowest BCUT2D eigenvalue weighted by molar-refractivity contribution is -0.127. The monoisotopic (exact) mass is 418 g/mol. The first-order valence-corrected chi connectivity index (χ1v) is 9.77. The van der Waals surface area contributed by atoms with Crippen LogP contribution in [0.5, 0.6) is 0 Å². The average Bonchev–Trinajstić information content (AvgIpc) is 3.25. The first-order chi connectivity index (χ1) is 14.0. The maximum Gasteiger partial charge on any atom is 0.271 e. The van der Waals surface area contributed by atoms with Crippen molar-refractivity contribution < 1.29 is 18.8 Å². The van der Waals surface area contributed by atoms with Gasteiger partial charge in [0.2, 0.25) is 5.91 Å². The largest absolute Gasteiger partial charge is 0.467 e. The minimum Gasteiger partial charge on any atom is -0.467 e. The van der Waals surface area contributed by atoms with E-state index in [1.807, 2.05) is 11.0 Å². The Morgan fingerprint density at radius 3 is 2.52 bits per heavy atom. The Morgan fingerprint density at radius 2 is 1.83 bits per heavy atom. The summed E-state index contributed by atoms with van der Waals surface area (Å²) in [5.74, 6) is -0.171. The lowest BCUT2D eigenvalue weighted by Crippen LogP contribution is -2.48. The van der Waals surface area contributed by atoms with Gasteiger partial charge in [0.25, 0.3) is 11.8 Å². The summed E-state index contributed by atoms with van der Waals surface area (Å²) in [5.41, 5.74) is 5.05. The smallest absolute Gasteiger partial charge is 0.271 e. The van der Waals surface area contributed by atoms with E-state index in [0.717, 1.165) is 0 Å². The normalized spacial score (nSPS) is 14.9. The van der Waals surface area contributed by atoms with Crippen LogP contribution in [0.1, 0.15) is 29.0 Å². The first kappa shape index (κ1) is 20.9. The predicted octanol–water partition coefficient (Wildman–Crippen LogP) is 1.72. The third-order valence-corrected chi connectivity index (χ3v) is 5.11. The van der Waals surface area contributed by atoms with Gasteiger partial charge >= 0.3 is 0 Å². The summed E-state index contributed by atoms with van der Waals surface area (Å²) in [5, 5.41) is 3.19. The van der Waals surface area contributed by atoms with E-state index < -0.39 is 5.91 Å². The van der Waals surface area contributed by atoms with Gasteiger partial charge in [-0.3, -0.25) is 30.1 Å². The molecule has 3 N–H and O–H groups in total. The van der Waals surface area contributed by atoms with Crippen LogP contribution < -0.4 is 16.2 Å². The SMILES string of the molecule is O=C(CN1CCC(C(=O)NCc2ccco2)CC1)NNC(=O)c1ccccc1Cl. The standard InChI is InChI=1S/C20H23ClN4O4/c21-17-6-2-1-5-16(17)20(28)24-23-18(26)13-25-9-7-14(8-10-25)19(27)22-12-15-4-3-11-29-15/h1-6,11,14H,7-10,12-13H2,(H,22,27)(H,23,26)(H,24,28). The topological polar surface area (TPSA) is 104 Å². The van der Waals surface area contributed by atoms with Gasteiger partial charge in [-0.25, -0.2) is 0 Å². The molecule has 3 rings (SSSR count). The van der Waals surface area contributed by atoms with Crippen LogP contribution in [0.4, 0.5) is 0 Å². The Bertz CT molecular complexity index is 848. The van der Waals surface area contributed by atoms with Gasteiger partial charge in [-0.1, -0.05) is 23.7 Å². The molecule has 2 heterocycles. The van der Waals surface area contributed by atoms with Crippen LogP contribution in [0.2, 0.25) is 5.02 Å². The molecule has 0 bridgehead atoms. The number of hydrogen-bond donors (Lipinski definition) is 3. The summed E-state index contributed by atoms with van der Waals surface area (Å²) < 4.78 is 5.20. The molecule has 0 spiro atoms. The molecule has 0 radical (unpaired) electrons. The molecule has 1 aromatic carbocycles. The molecule has 3 amide bonds. The van der Waals surface area contributed by atoms with Crippen molar-refractivity contribution in [1.82, 2.24) is 21.1 Å². The molecule has 0 aliphatic carbocycles. The van der Waals surface area contributed by atoms with Gasteiger partial charge in [0.1, 0.15) is 5.76 Å². The van der Waals surface area contributed by atoms with E-state index in [-0.39, 0.29) is 29.8 Å². The molecule has 0 atom stereocenters. The van der Waals surface area contributed by atoms with E-state index in [1.54, 1.807) is 36.6 Å². The fourth-order valence-electron chi connectivity index (χ4n) is 3.17. The summed E-state index contributed by atoms with van der Waals surface area (Å²) in [6.07, 6.45) is 2.91. The van der Waals surface area contributed by atoms with Crippen molar-refractivity contribution in [2.45, 2.75) is 19.4 Å². The number of nitrogens with zero attached hydrogens (tertiary/aromatic N) is 1. The molecule has 29 heavy (non-hydrogen) atoms. The number of hydrogen-bond acceptors (Lipinski definition) is 5. The van der Waals surface area contributed by atoms with Gasteiger partial charge in [-0.2, -0.15) is 0 Å². The van der Waals surface area contributed by atoms with Crippen LogP contribution in [0.15, 0.2) is 47.1 Å². The van der Waals surface area contributed by atoms with Crippen molar-refractivity contribution >= 4 is 29.3 Å². The van der Waals surface area contributed by atoms with E-state index in [9.17, 15) is 14.4 Å². The first-order valence-electron chi connectivity index (χ1n) is 9.39. The molecule has 1 saturated heterocycles. The molecule has 9 heteroatoms. The highest BCUT2D eigenvalue weighted by molar-refractivity contribution is 6.33. The summed E-state index contributed by atoms with van der Waals surface area (Å²) in [6.45, 7) is 1.78. The van der Waals surface area contributed by atoms with E-state index in [2.05, 4.69) is 16.2 Å². The van der Waals surface area contributed by atoms with Crippen LogP contribution in [0, 0.1) is 5.92 Å². The summed E-state index contributed by atoms with van der Waals surface area (Å²) in [7, 11) is 0. The van der Waals surface area contributed by atoms with Crippen LogP contribution in [0.3, 0.4) is 0 Å². The van der Waals surface area contributed by atoms with Crippen molar-refractivity contribution in [2.75, 3.05) is 19.6 Å². The van der Waals surface area contributed by atoms with E-state index in [0.29, 0.717) is 43.3 Å². The fourth-order valence-corrected chi connectivity index (χ4v) is 3.39. The molecular weight excluding hydrogens is 396 g/mol. The zero-order valence-corrected chi connectivity index (χ0v) is 16.6. The molecule has 1 aromatic heterocycles. The maximum atomic E-state index is 12.3. The Kier molecular flexibility index (Phi) is 7.26. The molecule has 8 nitrogen and oxygen atoms in total. The van der Waals surface area contributed by atoms with Crippen molar-refractivity contribution in [2.24, 2.45) is 5.92 Å². The highest BCUT2D eigenvalue weighted by Crippen LogP contribution is 2.17. The van der Waals surface area contributed by atoms with Crippen LogP contribution >= 0.6 is 11.6 Å².